The van der Waals surface area contributed by atoms with Crippen LogP contribution in [0.2, 0.25) is 5.02 Å². The number of alkyl halides is 6. The van der Waals surface area contributed by atoms with Crippen LogP contribution in [-0.2, 0) is 46.7 Å². The molecule has 5 heterocycles. The van der Waals surface area contributed by atoms with Gasteiger partial charge in [0.25, 0.3) is 23.8 Å². The predicted molar refractivity (Wildman–Crippen MR) is 219 cm³/mol. The molecule has 0 unspecified atom stereocenters. The van der Waals surface area contributed by atoms with Gasteiger partial charge in [0.05, 0.1) is 50.7 Å². The molecular weight excluding hydrogens is 916 g/mol. The van der Waals surface area contributed by atoms with Gasteiger partial charge in [0.1, 0.15) is 41.1 Å². The van der Waals surface area contributed by atoms with E-state index in [1.54, 1.807) is 0 Å². The van der Waals surface area contributed by atoms with Crippen LogP contribution in [0, 0.1) is 17.6 Å². The van der Waals surface area contributed by atoms with Gasteiger partial charge in [-0.1, -0.05) is 17.7 Å². The van der Waals surface area contributed by atoms with Crippen molar-refractivity contribution in [2.45, 2.75) is 56.5 Å². The fraction of sp³-hybridized carbons (Fsp3) is 0.293. The Bertz CT molecular complexity index is 3300. The minimum absolute atomic E-state index is 0.00340. The van der Waals surface area contributed by atoms with Crippen molar-refractivity contribution in [2.75, 3.05) is 11.0 Å². The van der Waals surface area contributed by atoms with Gasteiger partial charge in [-0.3, -0.25) is 28.2 Å². The van der Waals surface area contributed by atoms with Crippen LogP contribution in [-0.4, -0.2) is 59.7 Å². The number of carbonyl (C=O) groups excluding carboxylic acids is 1. The van der Waals surface area contributed by atoms with Crippen molar-refractivity contribution in [3.8, 4) is 17.1 Å². The van der Waals surface area contributed by atoms with Crippen molar-refractivity contribution >= 4 is 55.3 Å². The lowest BCUT2D eigenvalue weighted by Crippen LogP contribution is -2.38. The second-order valence-corrected chi connectivity index (χ2v) is 18.0. The molecule has 1 fully saturated rings. The van der Waals surface area contributed by atoms with Crippen molar-refractivity contribution in [1.82, 2.24) is 44.4 Å². The molecule has 338 valence electrons. The molecule has 0 bridgehead atoms. The van der Waals surface area contributed by atoms with Crippen LogP contribution < -0.4 is 15.6 Å². The van der Waals surface area contributed by atoms with Crippen molar-refractivity contribution in [3.63, 3.8) is 0 Å². The molecule has 14 nitrogen and oxygen atoms in total. The van der Waals surface area contributed by atoms with Crippen LogP contribution >= 0.6 is 11.6 Å². The third-order valence-electron chi connectivity index (χ3n) is 11.1. The maximum Gasteiger partial charge on any atom is 0.293 e. The van der Waals surface area contributed by atoms with Gasteiger partial charge >= 0.3 is 0 Å². The Morgan fingerprint density at radius 2 is 1.71 bits per heavy atom. The lowest BCUT2D eigenvalue weighted by molar-refractivity contribution is -0.123. The molecular formula is C41H31ClF8N10O4S. The zero-order valence-corrected chi connectivity index (χ0v) is 35.3. The van der Waals surface area contributed by atoms with Gasteiger partial charge in [-0.05, 0) is 66.4 Å². The highest BCUT2D eigenvalue weighted by Gasteiger charge is 2.67. The molecule has 2 aliphatic rings. The molecule has 3 atom stereocenters. The zero-order valence-electron chi connectivity index (χ0n) is 33.7. The molecule has 9 rings (SSSR count). The maximum absolute atomic E-state index is 15.5. The van der Waals surface area contributed by atoms with E-state index in [-0.39, 0.29) is 67.4 Å². The summed E-state index contributed by atoms with van der Waals surface area (Å²) in [4.78, 5) is 42.3. The van der Waals surface area contributed by atoms with E-state index >= 15 is 8.78 Å². The fourth-order valence-electron chi connectivity index (χ4n) is 8.43. The van der Waals surface area contributed by atoms with E-state index in [0.29, 0.717) is 17.7 Å². The number of halogens is 9. The largest absolute Gasteiger partial charge is 0.344 e. The quantitative estimate of drug-likeness (QED) is 0.117. The topological polar surface area (TPSA) is 172 Å². The summed E-state index contributed by atoms with van der Waals surface area (Å²) in [6.45, 7) is -0.417. The number of aromatic nitrogens is 8. The summed E-state index contributed by atoms with van der Waals surface area (Å²) >= 11 is 6.60. The number of anilines is 1. The number of rotatable bonds is 12. The van der Waals surface area contributed by atoms with Crippen molar-refractivity contribution in [2.24, 2.45) is 13.0 Å². The molecule has 1 amide bonds. The lowest BCUT2D eigenvalue weighted by atomic mass is 10.0. The number of fused-ring (bicyclic) bond motifs is 5. The summed E-state index contributed by atoms with van der Waals surface area (Å²) in [5.74, 6) is -13.0. The summed E-state index contributed by atoms with van der Waals surface area (Å²) < 4.78 is 147. The third kappa shape index (κ3) is 7.82. The smallest absolute Gasteiger partial charge is 0.293 e. The first-order valence-corrected chi connectivity index (χ1v) is 21.7. The number of hydrogen-bond donors (Lipinski definition) is 2. The van der Waals surface area contributed by atoms with E-state index in [1.165, 1.54) is 48.1 Å². The number of sulfonamides is 1. The van der Waals surface area contributed by atoms with E-state index in [1.807, 2.05) is 0 Å². The van der Waals surface area contributed by atoms with Crippen LogP contribution in [0.25, 0.3) is 39.0 Å². The number of carbonyl (C=O) groups is 1. The minimum atomic E-state index is -3.97. The molecule has 1 saturated carbocycles. The highest BCUT2D eigenvalue weighted by molar-refractivity contribution is 7.92. The van der Waals surface area contributed by atoms with Gasteiger partial charge in [0.2, 0.25) is 15.9 Å². The highest BCUT2D eigenvalue weighted by atomic mass is 35.5. The summed E-state index contributed by atoms with van der Waals surface area (Å²) in [5, 5.41) is 10.3. The van der Waals surface area contributed by atoms with E-state index in [4.69, 9.17) is 11.6 Å². The first-order chi connectivity index (χ1) is 30.5. The van der Waals surface area contributed by atoms with Gasteiger partial charge in [0.15, 0.2) is 11.5 Å². The SMILES string of the molecule is Cn1nc(NS(C)(=O)=O)c2c(Cl)ccc(-n3c([C@H](Cc4cc(F)cc(F)c4)NC(=O)Cn4nc(C(F)F)c5c4C(F)(F)[C@@H]4C[C@H]54)nc4nc(-c5cccc(C(C)(F)F)n5)ccc4c3=O)c21. The normalized spacial score (nSPS) is 17.1. The van der Waals surface area contributed by atoms with E-state index < -0.39 is 105 Å². The average molecular weight is 947 g/mol. The van der Waals surface area contributed by atoms with Crippen LogP contribution in [0.1, 0.15) is 65.8 Å². The monoisotopic (exact) mass is 946 g/mol. The number of aryl methyl sites for hydroxylation is 1. The Morgan fingerprint density at radius 1 is 1.00 bits per heavy atom. The first-order valence-electron chi connectivity index (χ1n) is 19.4. The summed E-state index contributed by atoms with van der Waals surface area (Å²) in [6.07, 6.45) is -3.01. The Labute approximate surface area is 366 Å². The van der Waals surface area contributed by atoms with Crippen LogP contribution in [0.5, 0.6) is 0 Å². The molecule has 5 aromatic heterocycles. The number of benzene rings is 2. The van der Waals surface area contributed by atoms with Crippen LogP contribution in [0.4, 0.5) is 40.9 Å². The molecule has 0 saturated heterocycles. The minimum Gasteiger partial charge on any atom is -0.344 e. The standard InChI is InChI=1S/C41H31ClF8N10O4S/c1-40(47,48)28-6-4-5-24(51-28)25-9-7-20-36(53-25)54-38(60(39(20)62)27-10-8-23(42)31-33(27)58(2)56-37(31)57-65(3,63)64)26(13-17-11-18(43)14-19(44)12-17)52-29(61)16-59-34-30(32(55-59)35(45)46)21-15-22(21)41(34,49)50/h4-12,14,21-22,26,35H,13,15-16H2,1-3H3,(H,52,61)(H,56,57)/t21-,22+,26-/m0/s1. The Balaban J connectivity index is 1.26. The van der Waals surface area contributed by atoms with E-state index in [9.17, 15) is 44.3 Å². The van der Waals surface area contributed by atoms with Crippen molar-refractivity contribution in [3.05, 3.63) is 122 Å². The third-order valence-corrected chi connectivity index (χ3v) is 12.0. The predicted octanol–water partition coefficient (Wildman–Crippen LogP) is 7.59. The number of hydrogen-bond acceptors (Lipinski definition) is 9. The maximum atomic E-state index is 15.5. The molecule has 0 aliphatic heterocycles. The molecule has 2 aromatic carbocycles. The van der Waals surface area contributed by atoms with Gasteiger partial charge in [-0.25, -0.2) is 40.9 Å². The van der Waals surface area contributed by atoms with Gasteiger partial charge in [0, 0.05) is 37.9 Å². The Kier molecular flexibility index (Phi) is 10.3. The van der Waals surface area contributed by atoms with Crippen molar-refractivity contribution < 1.29 is 48.3 Å². The first kappa shape index (κ1) is 43.7. The second kappa shape index (κ2) is 15.3. The average Bonchev–Trinajstić information content (AvgIpc) is 3.75. The van der Waals surface area contributed by atoms with Gasteiger partial charge in [-0.15, -0.1) is 0 Å². The molecule has 7 aromatic rings. The molecule has 2 N–H and O–H groups in total. The number of amides is 1. The second-order valence-electron chi connectivity index (χ2n) is 15.9. The lowest BCUT2D eigenvalue weighted by Gasteiger charge is -2.24. The molecule has 24 heteroatoms. The Hall–Kier alpha value is -6.49. The zero-order chi connectivity index (χ0) is 46.7. The molecule has 65 heavy (non-hydrogen) atoms. The van der Waals surface area contributed by atoms with Crippen LogP contribution in [0.15, 0.2) is 65.5 Å². The Morgan fingerprint density at radius 3 is 2.38 bits per heavy atom. The number of pyridine rings is 2. The van der Waals surface area contributed by atoms with E-state index in [0.717, 1.165) is 29.0 Å². The molecule has 2 aliphatic carbocycles. The summed E-state index contributed by atoms with van der Waals surface area (Å²) in [5.41, 5.74) is -4.22. The molecule has 0 spiro atoms. The van der Waals surface area contributed by atoms with Crippen LogP contribution in [0.3, 0.4) is 0 Å². The molecule has 0 radical (unpaired) electrons. The van der Waals surface area contributed by atoms with Gasteiger partial charge in [-0.2, -0.15) is 27.8 Å². The number of nitrogens with one attached hydrogen (secondary N) is 2. The van der Waals surface area contributed by atoms with Gasteiger partial charge < -0.3 is 5.32 Å². The number of nitrogens with zero attached hydrogens (tertiary/aromatic N) is 8. The summed E-state index contributed by atoms with van der Waals surface area (Å²) in [6, 6.07) is 9.75. The highest BCUT2D eigenvalue weighted by Crippen LogP contribution is 2.68. The van der Waals surface area contributed by atoms with Crippen molar-refractivity contribution in [1.29, 1.82) is 0 Å². The van der Waals surface area contributed by atoms with E-state index in [2.05, 4.69) is 35.2 Å². The summed E-state index contributed by atoms with van der Waals surface area (Å²) in [7, 11) is -2.57. The fourth-order valence-corrected chi connectivity index (χ4v) is 9.16.